The molecule has 0 spiro atoms. The molecule has 1 aromatic carbocycles. The summed E-state index contributed by atoms with van der Waals surface area (Å²) in [5, 5.41) is 15.2. The largest absolute Gasteiger partial charge is 0.390 e. The number of ether oxygens (including phenoxy) is 1. The van der Waals surface area contributed by atoms with Crippen molar-refractivity contribution >= 4 is 11.5 Å². The molecule has 2 fully saturated rings. The first-order valence-electron chi connectivity index (χ1n) is 9.44. The van der Waals surface area contributed by atoms with Crippen molar-refractivity contribution < 1.29 is 9.84 Å². The average molecular weight is 365 g/mol. The van der Waals surface area contributed by atoms with Crippen molar-refractivity contribution in [1.29, 1.82) is 0 Å². The van der Waals surface area contributed by atoms with E-state index in [1.54, 1.807) is 6.20 Å². The number of aromatic nitrogens is 3. The second-order valence-electron chi connectivity index (χ2n) is 7.15. The van der Waals surface area contributed by atoms with Crippen LogP contribution in [0.25, 0.3) is 16.9 Å². The minimum Gasteiger partial charge on any atom is -0.390 e. The monoisotopic (exact) mass is 365 g/mol. The zero-order valence-electron chi connectivity index (χ0n) is 15.1. The van der Waals surface area contributed by atoms with Crippen molar-refractivity contribution in [2.75, 3.05) is 44.3 Å². The van der Waals surface area contributed by atoms with Crippen LogP contribution in [0.3, 0.4) is 0 Å². The first-order chi connectivity index (χ1) is 13.3. The third-order valence-electron chi connectivity index (χ3n) is 5.51. The molecule has 0 radical (unpaired) electrons. The van der Waals surface area contributed by atoms with Crippen LogP contribution in [0.15, 0.2) is 48.7 Å². The molecule has 140 valence electrons. The molecule has 2 saturated heterocycles. The van der Waals surface area contributed by atoms with E-state index in [0.717, 1.165) is 55.6 Å². The Kier molecular flexibility index (Phi) is 4.27. The second-order valence-corrected chi connectivity index (χ2v) is 7.15. The first kappa shape index (κ1) is 16.7. The van der Waals surface area contributed by atoms with Crippen molar-refractivity contribution in [2.24, 2.45) is 0 Å². The molecule has 4 heterocycles. The molecule has 2 aliphatic rings. The summed E-state index contributed by atoms with van der Waals surface area (Å²) in [4.78, 5) is 9.31. The van der Waals surface area contributed by atoms with Crippen LogP contribution < -0.4 is 4.90 Å². The van der Waals surface area contributed by atoms with Gasteiger partial charge in [-0.25, -0.2) is 4.98 Å². The lowest BCUT2D eigenvalue weighted by molar-refractivity contribution is -0.00588. The van der Waals surface area contributed by atoms with Crippen LogP contribution in [-0.2, 0) is 4.74 Å². The normalized spacial score (nSPS) is 24.0. The van der Waals surface area contributed by atoms with Crippen molar-refractivity contribution in [2.45, 2.75) is 12.1 Å². The van der Waals surface area contributed by atoms with Gasteiger partial charge in [0.2, 0.25) is 0 Å². The Morgan fingerprint density at radius 2 is 1.85 bits per heavy atom. The summed E-state index contributed by atoms with van der Waals surface area (Å²) in [5.41, 5.74) is 2.81. The summed E-state index contributed by atoms with van der Waals surface area (Å²) in [6.07, 6.45) is 1.38. The van der Waals surface area contributed by atoms with E-state index in [9.17, 15) is 5.11 Å². The number of rotatable bonds is 3. The van der Waals surface area contributed by atoms with E-state index in [-0.39, 0.29) is 12.1 Å². The van der Waals surface area contributed by atoms with Gasteiger partial charge in [0.15, 0.2) is 5.65 Å². The zero-order chi connectivity index (χ0) is 18.2. The van der Waals surface area contributed by atoms with Crippen LogP contribution >= 0.6 is 0 Å². The Hall–Kier alpha value is -2.48. The van der Waals surface area contributed by atoms with Crippen molar-refractivity contribution in [3.63, 3.8) is 0 Å². The molecular weight excluding hydrogens is 342 g/mol. The highest BCUT2D eigenvalue weighted by Crippen LogP contribution is 2.28. The molecule has 0 amide bonds. The fourth-order valence-corrected chi connectivity index (χ4v) is 4.10. The Bertz CT molecular complexity index is 923. The van der Waals surface area contributed by atoms with Gasteiger partial charge in [0, 0.05) is 43.9 Å². The van der Waals surface area contributed by atoms with Gasteiger partial charge in [0.1, 0.15) is 5.82 Å². The molecule has 1 N–H and O–H groups in total. The SMILES string of the molecule is O[C@H]1CN(c2cc(-c3ccccc3)nc3ccnn23)C[C@@H]1N1CCOCC1. The standard InChI is InChI=1S/C20H23N5O2/c26-18-14-24(13-17(18)23-8-10-27-11-9-23)20-12-16(15-4-2-1-3-5-15)22-19-6-7-21-25(19)20/h1-7,12,17-18,26H,8-11,13-14H2/t17-,18-/m0/s1. The Labute approximate surface area is 157 Å². The minimum absolute atomic E-state index is 0.118. The molecule has 7 heteroatoms. The van der Waals surface area contributed by atoms with Crippen LogP contribution in [-0.4, -0.2) is 76.1 Å². The first-order valence-corrected chi connectivity index (χ1v) is 9.44. The van der Waals surface area contributed by atoms with Gasteiger partial charge < -0.3 is 14.7 Å². The molecule has 2 aliphatic heterocycles. The summed E-state index contributed by atoms with van der Waals surface area (Å²) in [5.74, 6) is 0.971. The molecule has 2 atom stereocenters. The molecule has 3 aromatic rings. The van der Waals surface area contributed by atoms with Gasteiger partial charge in [-0.1, -0.05) is 30.3 Å². The molecule has 0 aliphatic carbocycles. The highest BCUT2D eigenvalue weighted by Gasteiger charge is 2.37. The Morgan fingerprint density at radius 3 is 2.67 bits per heavy atom. The van der Waals surface area contributed by atoms with Crippen molar-refractivity contribution in [1.82, 2.24) is 19.5 Å². The van der Waals surface area contributed by atoms with Gasteiger partial charge in [-0.15, -0.1) is 0 Å². The van der Waals surface area contributed by atoms with Gasteiger partial charge >= 0.3 is 0 Å². The Morgan fingerprint density at radius 1 is 1.04 bits per heavy atom. The third kappa shape index (κ3) is 3.07. The number of aliphatic hydroxyl groups is 1. The maximum atomic E-state index is 10.7. The summed E-state index contributed by atoms with van der Waals surface area (Å²) in [6, 6.07) is 14.3. The number of hydrogen-bond donors (Lipinski definition) is 1. The molecular formula is C20H23N5O2. The number of nitrogens with zero attached hydrogens (tertiary/aromatic N) is 5. The summed E-state index contributed by atoms with van der Waals surface area (Å²) >= 11 is 0. The van der Waals surface area contributed by atoms with E-state index in [4.69, 9.17) is 9.72 Å². The lowest BCUT2D eigenvalue weighted by Crippen LogP contribution is -2.48. The molecule has 0 bridgehead atoms. The highest BCUT2D eigenvalue weighted by atomic mass is 16.5. The molecule has 7 nitrogen and oxygen atoms in total. The fourth-order valence-electron chi connectivity index (χ4n) is 4.10. The van der Waals surface area contributed by atoms with Crippen molar-refractivity contribution in [3.05, 3.63) is 48.7 Å². The summed E-state index contributed by atoms with van der Waals surface area (Å²) in [6.45, 7) is 4.58. The van der Waals surface area contributed by atoms with Gasteiger partial charge in [-0.3, -0.25) is 4.90 Å². The van der Waals surface area contributed by atoms with Gasteiger partial charge in [0.25, 0.3) is 0 Å². The summed E-state index contributed by atoms with van der Waals surface area (Å²) < 4.78 is 7.32. The quantitative estimate of drug-likeness (QED) is 0.754. The van der Waals surface area contributed by atoms with E-state index in [0.29, 0.717) is 6.54 Å². The number of benzene rings is 1. The molecule has 27 heavy (non-hydrogen) atoms. The van der Waals surface area contributed by atoms with E-state index in [1.807, 2.05) is 28.8 Å². The Balaban J connectivity index is 1.50. The number of fused-ring (bicyclic) bond motifs is 1. The molecule has 0 saturated carbocycles. The van der Waals surface area contributed by atoms with Crippen LogP contribution in [0.1, 0.15) is 0 Å². The smallest absolute Gasteiger partial charge is 0.157 e. The minimum atomic E-state index is -0.387. The molecule has 2 aromatic heterocycles. The van der Waals surface area contributed by atoms with Gasteiger partial charge in [-0.05, 0) is 0 Å². The zero-order valence-corrected chi connectivity index (χ0v) is 15.1. The fraction of sp³-hybridized carbons (Fsp3) is 0.400. The number of hydrogen-bond acceptors (Lipinski definition) is 6. The van der Waals surface area contributed by atoms with E-state index in [1.165, 1.54) is 0 Å². The van der Waals surface area contributed by atoms with Gasteiger partial charge in [0.05, 0.1) is 37.3 Å². The van der Waals surface area contributed by atoms with E-state index < -0.39 is 0 Å². The second kappa shape index (κ2) is 6.92. The van der Waals surface area contributed by atoms with E-state index in [2.05, 4.69) is 33.1 Å². The van der Waals surface area contributed by atoms with Crippen LogP contribution in [0.4, 0.5) is 5.82 Å². The average Bonchev–Trinajstić information content (AvgIpc) is 3.35. The molecule has 0 unspecified atom stereocenters. The lowest BCUT2D eigenvalue weighted by atomic mass is 10.1. The van der Waals surface area contributed by atoms with E-state index >= 15 is 0 Å². The molecule has 5 rings (SSSR count). The maximum Gasteiger partial charge on any atom is 0.157 e. The number of β-amino-alcohol motifs (C(OH)–C–C–N with tert-alkyl or cyclic N) is 1. The lowest BCUT2D eigenvalue weighted by Gasteiger charge is -2.33. The topological polar surface area (TPSA) is 66.1 Å². The number of morpholine rings is 1. The number of aliphatic hydroxyl groups excluding tert-OH is 1. The highest BCUT2D eigenvalue weighted by molar-refractivity contribution is 5.67. The van der Waals surface area contributed by atoms with Crippen LogP contribution in [0, 0.1) is 0 Å². The summed E-state index contributed by atoms with van der Waals surface area (Å²) in [7, 11) is 0. The maximum absolute atomic E-state index is 10.7. The van der Waals surface area contributed by atoms with Gasteiger partial charge in [-0.2, -0.15) is 9.61 Å². The van der Waals surface area contributed by atoms with Crippen LogP contribution in [0.2, 0.25) is 0 Å². The predicted molar refractivity (Wildman–Crippen MR) is 103 cm³/mol. The third-order valence-corrected chi connectivity index (χ3v) is 5.51. The number of anilines is 1. The van der Waals surface area contributed by atoms with Crippen LogP contribution in [0.5, 0.6) is 0 Å². The predicted octanol–water partition coefficient (Wildman–Crippen LogP) is 1.28. The van der Waals surface area contributed by atoms with Crippen molar-refractivity contribution in [3.8, 4) is 11.3 Å².